The first-order valence-electron chi connectivity index (χ1n) is 16.2. The molecule has 0 aliphatic carbocycles. The van der Waals surface area contributed by atoms with Crippen molar-refractivity contribution < 1.29 is 0 Å². The van der Waals surface area contributed by atoms with Crippen LogP contribution in [0.4, 0.5) is 22.7 Å². The number of hydrogen-bond donors (Lipinski definition) is 2. The molecule has 0 spiro atoms. The fraction of sp³-hybridized carbons (Fsp3) is 0.182. The minimum atomic E-state index is 0.0273. The first-order valence-corrected chi connectivity index (χ1v) is 16.2. The van der Waals surface area contributed by atoms with Gasteiger partial charge in [-0.1, -0.05) is 151 Å². The fourth-order valence-electron chi connectivity index (χ4n) is 6.23. The molecule has 0 bridgehead atoms. The van der Waals surface area contributed by atoms with Crippen molar-refractivity contribution in [1.82, 2.24) is 0 Å². The molecule has 0 radical (unpaired) electrons. The normalized spacial score (nSPS) is 11.7. The highest BCUT2D eigenvalue weighted by molar-refractivity contribution is 5.94. The average molecular weight is 601 g/mol. The second-order valence-corrected chi connectivity index (χ2v) is 14.1. The van der Waals surface area contributed by atoms with E-state index in [1.165, 1.54) is 44.5 Å². The lowest BCUT2D eigenvalue weighted by atomic mass is 9.85. The largest absolute Gasteiger partial charge is 0.355 e. The van der Waals surface area contributed by atoms with Crippen molar-refractivity contribution in [3.05, 3.63) is 157 Å². The lowest BCUT2D eigenvalue weighted by Crippen LogP contribution is -2.13. The molecule has 2 heteroatoms. The maximum Gasteiger partial charge on any atom is 0.0422 e. The van der Waals surface area contributed by atoms with Crippen molar-refractivity contribution in [2.75, 3.05) is 10.6 Å². The molecule has 0 aliphatic heterocycles. The summed E-state index contributed by atoms with van der Waals surface area (Å²) < 4.78 is 0. The van der Waals surface area contributed by atoms with E-state index in [-0.39, 0.29) is 10.8 Å². The van der Waals surface area contributed by atoms with Crippen molar-refractivity contribution in [2.24, 2.45) is 0 Å². The average Bonchev–Trinajstić information content (AvgIpc) is 3.05. The van der Waals surface area contributed by atoms with Gasteiger partial charge in [-0.15, -0.1) is 0 Å². The summed E-state index contributed by atoms with van der Waals surface area (Å²) >= 11 is 0. The van der Waals surface area contributed by atoms with E-state index in [2.05, 4.69) is 198 Å². The van der Waals surface area contributed by atoms with Gasteiger partial charge >= 0.3 is 0 Å². The smallest absolute Gasteiger partial charge is 0.0422 e. The topological polar surface area (TPSA) is 24.1 Å². The Morgan fingerprint density at radius 1 is 0.348 bits per heavy atom. The summed E-state index contributed by atoms with van der Waals surface area (Å²) in [6.45, 7) is 13.6. The number of rotatable bonds is 7. The summed E-state index contributed by atoms with van der Waals surface area (Å²) in [6.07, 6.45) is 0. The minimum absolute atomic E-state index is 0.0273. The highest BCUT2D eigenvalue weighted by Crippen LogP contribution is 2.42. The van der Waals surface area contributed by atoms with Crippen LogP contribution in [0.1, 0.15) is 52.7 Å². The Hall–Kier alpha value is -5.08. The van der Waals surface area contributed by atoms with Crippen LogP contribution in [-0.2, 0) is 10.8 Å². The third kappa shape index (κ3) is 6.77. The lowest BCUT2D eigenvalue weighted by molar-refractivity contribution is 0.592. The van der Waals surface area contributed by atoms with Crippen LogP contribution in [0.25, 0.3) is 33.4 Å². The van der Waals surface area contributed by atoms with Gasteiger partial charge in [-0.2, -0.15) is 0 Å². The van der Waals surface area contributed by atoms with Crippen LogP contribution in [0.15, 0.2) is 146 Å². The Balaban J connectivity index is 1.48. The van der Waals surface area contributed by atoms with E-state index in [9.17, 15) is 0 Å². The molecule has 0 amide bonds. The predicted molar refractivity (Wildman–Crippen MR) is 200 cm³/mol. The molecule has 0 saturated carbocycles. The van der Waals surface area contributed by atoms with Crippen molar-refractivity contribution in [3.8, 4) is 33.4 Å². The van der Waals surface area contributed by atoms with Gasteiger partial charge in [0.2, 0.25) is 0 Å². The van der Waals surface area contributed by atoms with E-state index in [4.69, 9.17) is 0 Å². The van der Waals surface area contributed by atoms with Gasteiger partial charge < -0.3 is 10.6 Å². The van der Waals surface area contributed by atoms with Crippen molar-refractivity contribution in [1.29, 1.82) is 0 Å². The van der Waals surface area contributed by atoms with Gasteiger partial charge in [0.05, 0.1) is 0 Å². The molecule has 230 valence electrons. The molecule has 0 saturated heterocycles. The van der Waals surface area contributed by atoms with Crippen molar-refractivity contribution >= 4 is 22.7 Å². The Bertz CT molecular complexity index is 1800. The Kier molecular flexibility index (Phi) is 8.56. The van der Waals surface area contributed by atoms with E-state index < -0.39 is 0 Å². The van der Waals surface area contributed by atoms with Gasteiger partial charge in [-0.05, 0) is 91.7 Å². The minimum Gasteiger partial charge on any atom is -0.355 e. The second-order valence-electron chi connectivity index (χ2n) is 14.1. The van der Waals surface area contributed by atoms with Crippen LogP contribution < -0.4 is 10.6 Å². The van der Waals surface area contributed by atoms with Gasteiger partial charge in [-0.25, -0.2) is 0 Å². The Morgan fingerprint density at radius 2 is 0.696 bits per heavy atom. The molecule has 0 aromatic heterocycles. The molecule has 6 aromatic carbocycles. The molecule has 0 atom stereocenters. The number of nitrogens with one attached hydrogen (secondary N) is 2. The van der Waals surface area contributed by atoms with E-state index in [0.717, 1.165) is 22.7 Å². The van der Waals surface area contributed by atoms with E-state index >= 15 is 0 Å². The molecule has 46 heavy (non-hydrogen) atoms. The van der Waals surface area contributed by atoms with E-state index in [1.54, 1.807) is 0 Å². The summed E-state index contributed by atoms with van der Waals surface area (Å²) in [5.74, 6) is 0. The van der Waals surface area contributed by atoms with Crippen LogP contribution in [0.2, 0.25) is 0 Å². The SMILES string of the molecule is CC(C)(C)c1ccccc1Nc1ccc(-c2ccc(Nc3ccccc3C(C)(C)C)cc2-c2ccccc2)c(-c2ccccc2)c1. The van der Waals surface area contributed by atoms with Gasteiger partial charge in [0.15, 0.2) is 0 Å². The van der Waals surface area contributed by atoms with Gasteiger partial charge in [0, 0.05) is 22.7 Å². The van der Waals surface area contributed by atoms with E-state index in [0.29, 0.717) is 0 Å². The number of benzene rings is 6. The van der Waals surface area contributed by atoms with Gasteiger partial charge in [-0.3, -0.25) is 0 Å². The summed E-state index contributed by atoms with van der Waals surface area (Å²) in [5.41, 5.74) is 14.2. The maximum absolute atomic E-state index is 3.76. The molecular weight excluding hydrogens is 556 g/mol. The third-order valence-corrected chi connectivity index (χ3v) is 8.53. The summed E-state index contributed by atoms with van der Waals surface area (Å²) in [5, 5.41) is 7.52. The fourth-order valence-corrected chi connectivity index (χ4v) is 6.23. The highest BCUT2D eigenvalue weighted by Gasteiger charge is 2.20. The Labute approximate surface area is 275 Å². The summed E-state index contributed by atoms with van der Waals surface area (Å²) in [7, 11) is 0. The first kappa shape index (κ1) is 30.9. The monoisotopic (exact) mass is 600 g/mol. The molecule has 6 aromatic rings. The zero-order valence-electron chi connectivity index (χ0n) is 27.9. The number of hydrogen-bond acceptors (Lipinski definition) is 2. The van der Waals surface area contributed by atoms with Crippen molar-refractivity contribution in [2.45, 2.75) is 52.4 Å². The van der Waals surface area contributed by atoms with Crippen LogP contribution in [0, 0.1) is 0 Å². The maximum atomic E-state index is 3.76. The van der Waals surface area contributed by atoms with Gasteiger partial charge in [0.1, 0.15) is 0 Å². The number of anilines is 4. The van der Waals surface area contributed by atoms with Gasteiger partial charge in [0.25, 0.3) is 0 Å². The Morgan fingerprint density at radius 3 is 1.07 bits per heavy atom. The van der Waals surface area contributed by atoms with Crippen LogP contribution in [-0.4, -0.2) is 0 Å². The molecule has 0 unspecified atom stereocenters. The molecule has 6 rings (SSSR count). The predicted octanol–water partition coefficient (Wildman–Crippen LogP) is 12.8. The standard InChI is InChI=1S/C44H44N2/c1-43(2,3)39-21-13-15-23-41(39)45-33-25-27-35(37(29-33)31-17-9-7-10-18-31)36-28-26-34(30-38(36)32-19-11-8-12-20-32)46-42-24-16-14-22-40(42)44(4,5)6/h7-30,45-46H,1-6H3. The third-order valence-electron chi connectivity index (χ3n) is 8.53. The van der Waals surface area contributed by atoms with E-state index in [1.807, 2.05) is 0 Å². The lowest BCUT2D eigenvalue weighted by Gasteiger charge is -2.24. The first-order chi connectivity index (χ1) is 22.1. The number of para-hydroxylation sites is 2. The van der Waals surface area contributed by atoms with Crippen molar-refractivity contribution in [3.63, 3.8) is 0 Å². The molecule has 0 fully saturated rings. The quantitative estimate of drug-likeness (QED) is 0.190. The second kappa shape index (κ2) is 12.7. The molecule has 2 nitrogen and oxygen atoms in total. The zero-order valence-corrected chi connectivity index (χ0v) is 27.9. The summed E-state index contributed by atoms with van der Waals surface area (Å²) in [4.78, 5) is 0. The molecule has 2 N–H and O–H groups in total. The zero-order chi connectivity index (χ0) is 32.3. The summed E-state index contributed by atoms with van der Waals surface area (Å²) in [6, 6.07) is 52.2. The highest BCUT2D eigenvalue weighted by atomic mass is 14.9. The van der Waals surface area contributed by atoms with Crippen LogP contribution in [0.5, 0.6) is 0 Å². The molecule has 0 aliphatic rings. The van der Waals surface area contributed by atoms with Crippen LogP contribution >= 0.6 is 0 Å². The molecular formula is C44H44N2. The van der Waals surface area contributed by atoms with Crippen LogP contribution in [0.3, 0.4) is 0 Å². The molecule has 0 heterocycles.